The van der Waals surface area contributed by atoms with E-state index in [1.54, 1.807) is 17.0 Å². The average molecular weight is 239 g/mol. The van der Waals surface area contributed by atoms with Gasteiger partial charge in [-0.15, -0.1) is 0 Å². The third-order valence-corrected chi connectivity index (χ3v) is 2.96. The molecule has 2 rings (SSSR count). The zero-order valence-corrected chi connectivity index (χ0v) is 10.2. The molecule has 16 heavy (non-hydrogen) atoms. The number of nitrogens with one attached hydrogen (secondary N) is 1. The number of nitrogens with zero attached hydrogens (tertiary/aromatic N) is 1. The molecule has 1 amide bonds. The molecule has 1 aromatic rings. The second-order valence-corrected chi connectivity index (χ2v) is 5.13. The zero-order valence-electron chi connectivity index (χ0n) is 9.46. The Morgan fingerprint density at radius 1 is 1.31 bits per heavy atom. The smallest absolute Gasteiger partial charge is 0.241 e. The first-order valence-electron chi connectivity index (χ1n) is 5.29. The second-order valence-electron chi connectivity index (χ2n) is 4.69. The van der Waals surface area contributed by atoms with Gasteiger partial charge in [-0.3, -0.25) is 4.79 Å². The van der Waals surface area contributed by atoms with Crippen LogP contribution in [0, 0.1) is 0 Å². The third kappa shape index (κ3) is 2.36. The van der Waals surface area contributed by atoms with Gasteiger partial charge in [-0.2, -0.15) is 0 Å². The molecule has 1 N–H and O–H groups in total. The number of anilines is 1. The maximum absolute atomic E-state index is 11.8. The molecule has 0 bridgehead atoms. The van der Waals surface area contributed by atoms with Crippen molar-refractivity contribution in [3.05, 3.63) is 29.3 Å². The lowest BCUT2D eigenvalue weighted by Gasteiger charge is -2.38. The van der Waals surface area contributed by atoms with Gasteiger partial charge >= 0.3 is 0 Å². The van der Waals surface area contributed by atoms with Gasteiger partial charge in [0, 0.05) is 22.8 Å². The van der Waals surface area contributed by atoms with Crippen LogP contribution in [-0.4, -0.2) is 24.5 Å². The number of piperazine rings is 1. The Morgan fingerprint density at radius 3 is 2.56 bits per heavy atom. The Morgan fingerprint density at radius 2 is 1.94 bits per heavy atom. The minimum Gasteiger partial charge on any atom is -0.309 e. The van der Waals surface area contributed by atoms with E-state index in [0.717, 1.165) is 5.69 Å². The van der Waals surface area contributed by atoms with Crippen molar-refractivity contribution >= 4 is 23.2 Å². The summed E-state index contributed by atoms with van der Waals surface area (Å²) >= 11 is 5.83. The van der Waals surface area contributed by atoms with Crippen LogP contribution < -0.4 is 10.2 Å². The lowest BCUT2D eigenvalue weighted by atomic mass is 10.0. The van der Waals surface area contributed by atoms with Crippen LogP contribution in [0.4, 0.5) is 5.69 Å². The molecule has 1 heterocycles. The molecule has 0 saturated carbocycles. The summed E-state index contributed by atoms with van der Waals surface area (Å²) in [5.74, 6) is 0.0987. The highest BCUT2D eigenvalue weighted by Crippen LogP contribution is 2.22. The van der Waals surface area contributed by atoms with Gasteiger partial charge in [-0.05, 0) is 38.1 Å². The molecule has 0 unspecified atom stereocenters. The summed E-state index contributed by atoms with van der Waals surface area (Å²) in [6.07, 6.45) is 0. The molecule has 1 aromatic carbocycles. The topological polar surface area (TPSA) is 32.3 Å². The van der Waals surface area contributed by atoms with Crippen LogP contribution in [0.5, 0.6) is 0 Å². The minimum atomic E-state index is -0.0481. The molecule has 0 radical (unpaired) electrons. The number of hydrogen-bond donors (Lipinski definition) is 1. The fourth-order valence-electron chi connectivity index (χ4n) is 1.81. The van der Waals surface area contributed by atoms with E-state index in [4.69, 9.17) is 11.6 Å². The normalized spacial score (nSPS) is 19.9. The number of hydrogen-bond acceptors (Lipinski definition) is 2. The first-order valence-corrected chi connectivity index (χ1v) is 5.67. The largest absolute Gasteiger partial charge is 0.309 e. The van der Waals surface area contributed by atoms with Crippen LogP contribution in [-0.2, 0) is 4.79 Å². The standard InChI is InChI=1S/C12H15ClN2O/c1-12(2)8-15(11(16)7-14-12)10-5-3-9(13)4-6-10/h3-6,14H,7-8H2,1-2H3. The fraction of sp³-hybridized carbons (Fsp3) is 0.417. The molecule has 0 aliphatic carbocycles. The summed E-state index contributed by atoms with van der Waals surface area (Å²) in [6, 6.07) is 7.36. The molecule has 1 aliphatic rings. The molecule has 1 aliphatic heterocycles. The van der Waals surface area contributed by atoms with Crippen molar-refractivity contribution in [3.8, 4) is 0 Å². The summed E-state index contributed by atoms with van der Waals surface area (Å²) < 4.78 is 0. The number of carbonyl (C=O) groups is 1. The Bertz CT molecular complexity index is 400. The van der Waals surface area contributed by atoms with E-state index < -0.39 is 0 Å². The predicted octanol–water partition coefficient (Wildman–Crippen LogP) is 2.05. The van der Waals surface area contributed by atoms with E-state index in [0.29, 0.717) is 18.1 Å². The number of rotatable bonds is 1. The predicted molar refractivity (Wildman–Crippen MR) is 65.9 cm³/mol. The molecule has 3 nitrogen and oxygen atoms in total. The van der Waals surface area contributed by atoms with Crippen LogP contribution in [0.1, 0.15) is 13.8 Å². The van der Waals surface area contributed by atoms with Crippen molar-refractivity contribution < 1.29 is 4.79 Å². The van der Waals surface area contributed by atoms with E-state index in [2.05, 4.69) is 19.2 Å². The molecule has 1 saturated heterocycles. The summed E-state index contributed by atoms with van der Waals surface area (Å²) in [4.78, 5) is 13.6. The minimum absolute atomic E-state index is 0.0481. The van der Waals surface area contributed by atoms with Crippen molar-refractivity contribution in [2.24, 2.45) is 0 Å². The van der Waals surface area contributed by atoms with Crippen molar-refractivity contribution in [1.82, 2.24) is 5.32 Å². The fourth-order valence-corrected chi connectivity index (χ4v) is 1.93. The maximum Gasteiger partial charge on any atom is 0.241 e. The molecule has 86 valence electrons. The van der Waals surface area contributed by atoms with E-state index in [9.17, 15) is 4.79 Å². The summed E-state index contributed by atoms with van der Waals surface area (Å²) in [5, 5.41) is 3.89. The number of halogens is 1. The van der Waals surface area contributed by atoms with Crippen LogP contribution in [0.3, 0.4) is 0 Å². The van der Waals surface area contributed by atoms with Crippen molar-refractivity contribution in [2.45, 2.75) is 19.4 Å². The second kappa shape index (κ2) is 4.07. The first kappa shape index (κ1) is 11.4. The van der Waals surface area contributed by atoms with Crippen LogP contribution >= 0.6 is 11.6 Å². The Balaban J connectivity index is 2.25. The van der Waals surface area contributed by atoms with Gasteiger partial charge in [0.05, 0.1) is 6.54 Å². The van der Waals surface area contributed by atoms with Crippen LogP contribution in [0.25, 0.3) is 0 Å². The summed E-state index contributed by atoms with van der Waals surface area (Å²) in [6.45, 7) is 5.23. The molecule has 0 spiro atoms. The SMILES string of the molecule is CC1(C)CN(c2ccc(Cl)cc2)C(=O)CN1. The van der Waals surface area contributed by atoms with Gasteiger partial charge in [0.1, 0.15) is 0 Å². The summed E-state index contributed by atoms with van der Waals surface area (Å²) in [7, 11) is 0. The monoisotopic (exact) mass is 238 g/mol. The molecular formula is C12H15ClN2O. The van der Waals surface area contributed by atoms with Gasteiger partial charge in [0.15, 0.2) is 0 Å². The Hall–Kier alpha value is -1.06. The van der Waals surface area contributed by atoms with E-state index >= 15 is 0 Å². The lowest BCUT2D eigenvalue weighted by molar-refractivity contribution is -0.119. The molecule has 0 aromatic heterocycles. The number of carbonyl (C=O) groups excluding carboxylic acids is 1. The van der Waals surface area contributed by atoms with Crippen molar-refractivity contribution in [2.75, 3.05) is 18.0 Å². The van der Waals surface area contributed by atoms with Gasteiger partial charge in [-0.25, -0.2) is 0 Å². The number of amides is 1. The number of benzene rings is 1. The average Bonchev–Trinajstić information content (AvgIpc) is 2.23. The highest BCUT2D eigenvalue weighted by molar-refractivity contribution is 6.30. The Labute approximate surface area is 100 Å². The van der Waals surface area contributed by atoms with E-state index in [1.807, 2.05) is 12.1 Å². The van der Waals surface area contributed by atoms with Gasteiger partial charge < -0.3 is 10.2 Å². The molecule has 1 fully saturated rings. The van der Waals surface area contributed by atoms with Gasteiger partial charge in [0.2, 0.25) is 5.91 Å². The van der Waals surface area contributed by atoms with E-state index in [-0.39, 0.29) is 11.4 Å². The Kier molecular flexibility index (Phi) is 2.91. The van der Waals surface area contributed by atoms with Crippen molar-refractivity contribution in [1.29, 1.82) is 0 Å². The molecule has 4 heteroatoms. The quantitative estimate of drug-likeness (QED) is 0.812. The highest BCUT2D eigenvalue weighted by atomic mass is 35.5. The third-order valence-electron chi connectivity index (χ3n) is 2.71. The van der Waals surface area contributed by atoms with Crippen LogP contribution in [0.2, 0.25) is 5.02 Å². The molecular weight excluding hydrogens is 224 g/mol. The lowest BCUT2D eigenvalue weighted by Crippen LogP contribution is -2.59. The van der Waals surface area contributed by atoms with Gasteiger partial charge in [-0.1, -0.05) is 11.6 Å². The van der Waals surface area contributed by atoms with Crippen LogP contribution in [0.15, 0.2) is 24.3 Å². The van der Waals surface area contributed by atoms with Gasteiger partial charge in [0.25, 0.3) is 0 Å². The highest BCUT2D eigenvalue weighted by Gasteiger charge is 2.31. The van der Waals surface area contributed by atoms with Crippen molar-refractivity contribution in [3.63, 3.8) is 0 Å². The maximum atomic E-state index is 11.8. The van der Waals surface area contributed by atoms with E-state index in [1.165, 1.54) is 0 Å². The summed E-state index contributed by atoms with van der Waals surface area (Å²) in [5.41, 5.74) is 0.858. The molecule has 0 atom stereocenters. The zero-order chi connectivity index (χ0) is 11.8. The first-order chi connectivity index (χ1) is 7.48.